The van der Waals surface area contributed by atoms with Gasteiger partial charge in [0.1, 0.15) is 11.5 Å². The third-order valence-corrected chi connectivity index (χ3v) is 3.90. The molecule has 0 unspecified atom stereocenters. The van der Waals surface area contributed by atoms with Gasteiger partial charge in [-0.3, -0.25) is 9.78 Å². The lowest BCUT2D eigenvalue weighted by molar-refractivity contribution is -0.141. The molecule has 0 atom stereocenters. The van der Waals surface area contributed by atoms with Crippen molar-refractivity contribution in [2.45, 2.75) is 19.5 Å². The Bertz CT molecular complexity index is 1050. The highest BCUT2D eigenvalue weighted by Crippen LogP contribution is 2.27. The molecule has 0 aliphatic carbocycles. The number of halogens is 4. The lowest BCUT2D eigenvalue weighted by atomic mass is 10.1. The average molecular weight is 423 g/mol. The molecule has 0 spiro atoms. The van der Waals surface area contributed by atoms with E-state index in [-0.39, 0.29) is 18.0 Å². The topological polar surface area (TPSA) is 80.4 Å². The van der Waals surface area contributed by atoms with Gasteiger partial charge in [0.25, 0.3) is 5.91 Å². The van der Waals surface area contributed by atoms with Gasteiger partial charge in [-0.05, 0) is 36.8 Å². The van der Waals surface area contributed by atoms with E-state index in [1.807, 2.05) is 0 Å². The van der Waals surface area contributed by atoms with Crippen LogP contribution in [0.5, 0.6) is 0 Å². The van der Waals surface area contributed by atoms with E-state index in [0.717, 1.165) is 12.3 Å². The van der Waals surface area contributed by atoms with Crippen LogP contribution in [0.4, 0.5) is 18.9 Å². The first-order chi connectivity index (χ1) is 13.7. The fourth-order valence-electron chi connectivity index (χ4n) is 2.37. The third-order valence-electron chi connectivity index (χ3n) is 3.67. The molecule has 2 heterocycles. The number of carbonyl (C=O) groups is 1. The first kappa shape index (κ1) is 20.5. The number of amides is 1. The number of rotatable bonds is 4. The number of aryl methyl sites for hydroxylation is 1. The molecule has 0 saturated heterocycles. The molecular formula is C19H14ClF3N4O2. The Labute approximate surface area is 168 Å². The Balaban J connectivity index is 1.87. The van der Waals surface area contributed by atoms with Gasteiger partial charge >= 0.3 is 6.18 Å². The smallest absolute Gasteiger partial charge is 0.351 e. The summed E-state index contributed by atoms with van der Waals surface area (Å²) in [7, 11) is 0. The van der Waals surface area contributed by atoms with Crippen LogP contribution >= 0.6 is 11.6 Å². The normalized spacial score (nSPS) is 12.1. The van der Waals surface area contributed by atoms with Crippen LogP contribution in [0.25, 0.3) is 0 Å². The fourth-order valence-corrected chi connectivity index (χ4v) is 2.55. The fraction of sp³-hybridized carbons (Fsp3) is 0.158. The molecule has 10 heteroatoms. The Morgan fingerprint density at radius 1 is 1.24 bits per heavy atom. The molecule has 0 aliphatic heterocycles. The number of hydrogen-bond donors (Lipinski definition) is 1. The summed E-state index contributed by atoms with van der Waals surface area (Å²) >= 11 is 5.96. The SMILES string of the molecule is Cc1cc(C(=O)NC(Cc2ccc(C(F)(F)F)nc2)=Nc2cccc(Cl)c2)on1. The number of hydrogen-bond acceptors (Lipinski definition) is 5. The van der Waals surface area contributed by atoms with Crippen molar-refractivity contribution in [3.63, 3.8) is 0 Å². The van der Waals surface area contributed by atoms with Crippen LogP contribution in [0, 0.1) is 6.92 Å². The number of benzene rings is 1. The first-order valence-corrected chi connectivity index (χ1v) is 8.68. The molecule has 0 saturated carbocycles. The van der Waals surface area contributed by atoms with Crippen molar-refractivity contribution in [1.29, 1.82) is 0 Å². The number of carbonyl (C=O) groups excluding carboxylic acids is 1. The predicted molar refractivity (Wildman–Crippen MR) is 100 cm³/mol. The zero-order chi connectivity index (χ0) is 21.0. The van der Waals surface area contributed by atoms with Crippen molar-refractivity contribution in [3.05, 3.63) is 76.4 Å². The molecule has 3 rings (SSSR count). The molecule has 1 aromatic carbocycles. The van der Waals surface area contributed by atoms with E-state index in [2.05, 4.69) is 20.4 Å². The van der Waals surface area contributed by atoms with E-state index in [4.69, 9.17) is 16.1 Å². The standard InChI is InChI=1S/C19H14ClF3N4O2/c1-11-7-15(29-27-11)18(28)26-17(25-14-4-2-3-13(20)9-14)8-12-5-6-16(24-10-12)19(21,22)23/h2-7,9-10H,8H2,1H3,(H,25,26,28). The minimum atomic E-state index is -4.53. The van der Waals surface area contributed by atoms with Crippen molar-refractivity contribution in [1.82, 2.24) is 15.5 Å². The van der Waals surface area contributed by atoms with Gasteiger partial charge in [0.2, 0.25) is 5.76 Å². The number of amidine groups is 1. The van der Waals surface area contributed by atoms with E-state index in [9.17, 15) is 18.0 Å². The van der Waals surface area contributed by atoms with Crippen LogP contribution in [0.2, 0.25) is 5.02 Å². The number of aliphatic imine (C=N–C) groups is 1. The molecule has 3 aromatic rings. The van der Waals surface area contributed by atoms with Gasteiger partial charge in [-0.25, -0.2) is 4.99 Å². The highest BCUT2D eigenvalue weighted by atomic mass is 35.5. The largest absolute Gasteiger partial charge is 0.433 e. The number of nitrogens with one attached hydrogen (secondary N) is 1. The molecule has 0 aliphatic rings. The Morgan fingerprint density at radius 3 is 2.62 bits per heavy atom. The third kappa shape index (κ3) is 5.64. The van der Waals surface area contributed by atoms with E-state index >= 15 is 0 Å². The molecule has 0 fully saturated rings. The molecule has 29 heavy (non-hydrogen) atoms. The second kappa shape index (κ2) is 8.44. The van der Waals surface area contributed by atoms with Gasteiger partial charge in [-0.2, -0.15) is 13.2 Å². The summed E-state index contributed by atoms with van der Waals surface area (Å²) in [4.78, 5) is 20.2. The monoisotopic (exact) mass is 422 g/mol. The van der Waals surface area contributed by atoms with Crippen molar-refractivity contribution in [3.8, 4) is 0 Å². The van der Waals surface area contributed by atoms with Crippen LogP contribution < -0.4 is 5.32 Å². The van der Waals surface area contributed by atoms with Crippen molar-refractivity contribution < 1.29 is 22.5 Å². The molecule has 150 valence electrons. The molecule has 1 amide bonds. The van der Waals surface area contributed by atoms with Gasteiger partial charge < -0.3 is 9.84 Å². The van der Waals surface area contributed by atoms with Crippen molar-refractivity contribution in [2.75, 3.05) is 0 Å². The summed E-state index contributed by atoms with van der Waals surface area (Å²) in [6.45, 7) is 1.66. The van der Waals surface area contributed by atoms with Gasteiger partial charge in [-0.1, -0.05) is 28.9 Å². The molecular weight excluding hydrogens is 409 g/mol. The zero-order valence-electron chi connectivity index (χ0n) is 15.0. The Hall–Kier alpha value is -3.20. The van der Waals surface area contributed by atoms with Crippen LogP contribution in [-0.2, 0) is 12.6 Å². The summed E-state index contributed by atoms with van der Waals surface area (Å²) in [5.41, 5.74) is 0.403. The number of alkyl halides is 3. The van der Waals surface area contributed by atoms with E-state index in [1.165, 1.54) is 12.1 Å². The zero-order valence-corrected chi connectivity index (χ0v) is 15.8. The highest BCUT2D eigenvalue weighted by molar-refractivity contribution is 6.30. The summed E-state index contributed by atoms with van der Waals surface area (Å²) in [6, 6.07) is 10.2. The maximum Gasteiger partial charge on any atom is 0.433 e. The van der Waals surface area contributed by atoms with Crippen LogP contribution in [0.1, 0.15) is 27.5 Å². The summed E-state index contributed by atoms with van der Waals surface area (Å²) in [5.74, 6) is -0.439. The Morgan fingerprint density at radius 2 is 2.03 bits per heavy atom. The van der Waals surface area contributed by atoms with E-state index in [0.29, 0.717) is 22.0 Å². The number of aromatic nitrogens is 2. The highest BCUT2D eigenvalue weighted by Gasteiger charge is 2.32. The van der Waals surface area contributed by atoms with Crippen LogP contribution in [0.15, 0.2) is 58.2 Å². The van der Waals surface area contributed by atoms with Gasteiger partial charge in [0, 0.05) is 23.7 Å². The first-order valence-electron chi connectivity index (χ1n) is 8.30. The minimum Gasteiger partial charge on any atom is -0.351 e. The lowest BCUT2D eigenvalue weighted by Crippen LogP contribution is -2.31. The minimum absolute atomic E-state index is 0.0214. The van der Waals surface area contributed by atoms with Crippen LogP contribution in [-0.4, -0.2) is 21.9 Å². The summed E-state index contributed by atoms with van der Waals surface area (Å²) in [6.07, 6.45) is -3.42. The summed E-state index contributed by atoms with van der Waals surface area (Å²) in [5, 5.41) is 6.68. The summed E-state index contributed by atoms with van der Waals surface area (Å²) < 4.78 is 43.0. The second-order valence-electron chi connectivity index (χ2n) is 6.05. The van der Waals surface area contributed by atoms with Gasteiger partial charge in [0.05, 0.1) is 11.4 Å². The molecule has 1 N–H and O–H groups in total. The van der Waals surface area contributed by atoms with Crippen molar-refractivity contribution in [2.24, 2.45) is 4.99 Å². The maximum absolute atomic E-state index is 12.7. The lowest BCUT2D eigenvalue weighted by Gasteiger charge is -2.10. The molecule has 0 bridgehead atoms. The predicted octanol–water partition coefficient (Wildman–Crippen LogP) is 4.75. The number of nitrogens with zero attached hydrogens (tertiary/aromatic N) is 3. The molecule has 6 nitrogen and oxygen atoms in total. The van der Waals surface area contributed by atoms with Crippen molar-refractivity contribution >= 4 is 29.0 Å². The van der Waals surface area contributed by atoms with Gasteiger partial charge in [-0.15, -0.1) is 0 Å². The maximum atomic E-state index is 12.7. The van der Waals surface area contributed by atoms with E-state index in [1.54, 1.807) is 31.2 Å². The number of pyridine rings is 1. The Kier molecular flexibility index (Phi) is 5.97. The van der Waals surface area contributed by atoms with Crippen LogP contribution in [0.3, 0.4) is 0 Å². The molecule has 2 aromatic heterocycles. The quantitative estimate of drug-likeness (QED) is 0.486. The molecule has 0 radical (unpaired) electrons. The van der Waals surface area contributed by atoms with Gasteiger partial charge in [0.15, 0.2) is 0 Å². The second-order valence-corrected chi connectivity index (χ2v) is 6.49. The van der Waals surface area contributed by atoms with E-state index < -0.39 is 17.8 Å². The average Bonchev–Trinajstić information content (AvgIpc) is 3.08.